The minimum atomic E-state index is -0.501. The average Bonchev–Trinajstić information content (AvgIpc) is 3.31. The summed E-state index contributed by atoms with van der Waals surface area (Å²) in [7, 11) is 1.56. The van der Waals surface area contributed by atoms with E-state index in [0.717, 1.165) is 31.6 Å². The second-order valence-electron chi connectivity index (χ2n) is 6.75. The van der Waals surface area contributed by atoms with Crippen molar-refractivity contribution >= 4 is 17.7 Å². The van der Waals surface area contributed by atoms with Crippen molar-refractivity contribution in [3.8, 4) is 0 Å². The van der Waals surface area contributed by atoms with Gasteiger partial charge in [0.25, 0.3) is 5.91 Å². The van der Waals surface area contributed by atoms with Crippen molar-refractivity contribution in [1.29, 1.82) is 0 Å². The molecule has 1 aromatic heterocycles. The van der Waals surface area contributed by atoms with Crippen LogP contribution in [-0.2, 0) is 16.1 Å². The number of nitrogens with zero attached hydrogens (tertiary/aromatic N) is 4. The Bertz CT molecular complexity index is 695. The van der Waals surface area contributed by atoms with E-state index in [9.17, 15) is 14.4 Å². The third-order valence-electron chi connectivity index (χ3n) is 4.98. The maximum Gasteiger partial charge on any atom is 0.275 e. The fourth-order valence-corrected chi connectivity index (χ4v) is 3.45. The SMILES string of the molecule is CNC(=O)Cn1nc(C(=O)N2CCNC[C@H]2C(=O)N2CCCC2)cc1C. The van der Waals surface area contributed by atoms with Gasteiger partial charge in [0.15, 0.2) is 5.69 Å². The van der Waals surface area contributed by atoms with Crippen molar-refractivity contribution < 1.29 is 14.4 Å². The number of amides is 3. The van der Waals surface area contributed by atoms with Crippen molar-refractivity contribution in [1.82, 2.24) is 30.2 Å². The summed E-state index contributed by atoms with van der Waals surface area (Å²) in [6.45, 7) is 4.95. The number of likely N-dealkylation sites (tertiary alicyclic amines) is 1. The summed E-state index contributed by atoms with van der Waals surface area (Å²) < 4.78 is 1.51. The smallest absolute Gasteiger partial charge is 0.275 e. The zero-order chi connectivity index (χ0) is 18.7. The fourth-order valence-electron chi connectivity index (χ4n) is 3.45. The van der Waals surface area contributed by atoms with Gasteiger partial charge in [-0.15, -0.1) is 0 Å². The standard InChI is InChI=1S/C17H26N6O3/c1-12-9-13(20-23(12)11-15(24)18-2)16(25)22-8-5-19-10-14(22)17(26)21-6-3-4-7-21/h9,14,19H,3-8,10-11H2,1-2H3,(H,18,24)/t14-/m0/s1. The van der Waals surface area contributed by atoms with Gasteiger partial charge in [0.1, 0.15) is 12.6 Å². The number of aromatic nitrogens is 2. The second kappa shape index (κ2) is 7.86. The van der Waals surface area contributed by atoms with Gasteiger partial charge in [0.2, 0.25) is 11.8 Å². The van der Waals surface area contributed by atoms with Gasteiger partial charge >= 0.3 is 0 Å². The molecule has 2 aliphatic rings. The van der Waals surface area contributed by atoms with Crippen LogP contribution in [-0.4, -0.2) is 83.1 Å². The van der Waals surface area contributed by atoms with Crippen molar-refractivity contribution in [3.63, 3.8) is 0 Å². The van der Waals surface area contributed by atoms with E-state index < -0.39 is 6.04 Å². The van der Waals surface area contributed by atoms with Crippen LogP contribution in [0.15, 0.2) is 6.07 Å². The number of nitrogens with one attached hydrogen (secondary N) is 2. The van der Waals surface area contributed by atoms with Gasteiger partial charge in [-0.1, -0.05) is 0 Å². The Morgan fingerprint density at radius 2 is 2.00 bits per heavy atom. The van der Waals surface area contributed by atoms with Crippen LogP contribution in [0.3, 0.4) is 0 Å². The molecule has 2 fully saturated rings. The predicted octanol–water partition coefficient (Wildman–Crippen LogP) is -1.03. The van der Waals surface area contributed by atoms with Crippen LogP contribution in [0.25, 0.3) is 0 Å². The van der Waals surface area contributed by atoms with Gasteiger partial charge in [-0.05, 0) is 25.8 Å². The lowest BCUT2D eigenvalue weighted by molar-refractivity contribution is -0.135. The van der Waals surface area contributed by atoms with E-state index in [1.807, 2.05) is 4.90 Å². The van der Waals surface area contributed by atoms with E-state index in [4.69, 9.17) is 0 Å². The molecule has 9 heteroatoms. The maximum absolute atomic E-state index is 13.0. The minimum Gasteiger partial charge on any atom is -0.358 e. The molecule has 1 aromatic rings. The lowest BCUT2D eigenvalue weighted by atomic mass is 10.1. The van der Waals surface area contributed by atoms with Crippen LogP contribution in [0.2, 0.25) is 0 Å². The number of piperazine rings is 1. The van der Waals surface area contributed by atoms with Gasteiger partial charge < -0.3 is 20.4 Å². The van der Waals surface area contributed by atoms with E-state index in [1.165, 1.54) is 4.68 Å². The molecule has 2 aliphatic heterocycles. The van der Waals surface area contributed by atoms with Crippen molar-refractivity contribution in [2.75, 3.05) is 39.8 Å². The summed E-state index contributed by atoms with van der Waals surface area (Å²) in [5, 5.41) is 10.0. The van der Waals surface area contributed by atoms with Gasteiger partial charge in [-0.3, -0.25) is 19.1 Å². The number of carbonyl (C=O) groups excluding carboxylic acids is 3. The lowest BCUT2D eigenvalue weighted by Crippen LogP contribution is -2.60. The predicted molar refractivity (Wildman–Crippen MR) is 94.5 cm³/mol. The van der Waals surface area contributed by atoms with Gasteiger partial charge in [-0.25, -0.2) is 0 Å². The van der Waals surface area contributed by atoms with Gasteiger partial charge in [0.05, 0.1) is 0 Å². The van der Waals surface area contributed by atoms with E-state index in [1.54, 1.807) is 24.9 Å². The molecule has 3 heterocycles. The molecule has 0 spiro atoms. The highest BCUT2D eigenvalue weighted by atomic mass is 16.2. The Kier molecular flexibility index (Phi) is 5.55. The number of hydrogen-bond donors (Lipinski definition) is 2. The molecule has 1 atom stereocenters. The minimum absolute atomic E-state index is 0.00423. The Hall–Kier alpha value is -2.42. The van der Waals surface area contributed by atoms with Gasteiger partial charge in [0, 0.05) is 45.5 Å². The highest BCUT2D eigenvalue weighted by Crippen LogP contribution is 2.16. The van der Waals surface area contributed by atoms with E-state index in [-0.39, 0.29) is 30.0 Å². The zero-order valence-corrected chi connectivity index (χ0v) is 15.3. The molecule has 0 unspecified atom stereocenters. The molecule has 9 nitrogen and oxygen atoms in total. The van der Waals surface area contributed by atoms with E-state index >= 15 is 0 Å². The van der Waals surface area contributed by atoms with Gasteiger partial charge in [-0.2, -0.15) is 5.10 Å². The van der Waals surface area contributed by atoms with Crippen molar-refractivity contribution in [2.45, 2.75) is 32.4 Å². The summed E-state index contributed by atoms with van der Waals surface area (Å²) in [5.41, 5.74) is 1.00. The first-order chi connectivity index (χ1) is 12.5. The largest absolute Gasteiger partial charge is 0.358 e. The number of hydrogen-bond acceptors (Lipinski definition) is 5. The molecule has 0 saturated carbocycles. The first kappa shape index (κ1) is 18.4. The number of likely N-dealkylation sites (N-methyl/N-ethyl adjacent to an activating group) is 1. The number of rotatable bonds is 4. The molecule has 142 valence electrons. The Morgan fingerprint density at radius 1 is 1.27 bits per heavy atom. The Labute approximate surface area is 152 Å². The topological polar surface area (TPSA) is 99.6 Å². The van der Waals surface area contributed by atoms with Crippen LogP contribution in [0.4, 0.5) is 0 Å². The summed E-state index contributed by atoms with van der Waals surface area (Å²) in [4.78, 5) is 40.8. The van der Waals surface area contributed by atoms with Crippen LogP contribution < -0.4 is 10.6 Å². The number of aryl methyl sites for hydroxylation is 1. The normalized spacial score (nSPS) is 20.3. The molecule has 3 rings (SSSR count). The monoisotopic (exact) mass is 362 g/mol. The molecular weight excluding hydrogens is 336 g/mol. The molecule has 0 aliphatic carbocycles. The van der Waals surface area contributed by atoms with E-state index in [0.29, 0.717) is 19.6 Å². The molecule has 26 heavy (non-hydrogen) atoms. The molecule has 0 bridgehead atoms. The summed E-state index contributed by atoms with van der Waals surface area (Å²) in [6, 6.07) is 1.17. The average molecular weight is 362 g/mol. The first-order valence-corrected chi connectivity index (χ1v) is 9.06. The zero-order valence-electron chi connectivity index (χ0n) is 15.3. The van der Waals surface area contributed by atoms with E-state index in [2.05, 4.69) is 15.7 Å². The molecule has 0 aromatic carbocycles. The van der Waals surface area contributed by atoms with Crippen molar-refractivity contribution in [2.24, 2.45) is 0 Å². The molecule has 3 amide bonds. The maximum atomic E-state index is 13.0. The second-order valence-corrected chi connectivity index (χ2v) is 6.75. The molecule has 0 radical (unpaired) electrons. The fraction of sp³-hybridized carbons (Fsp3) is 0.647. The van der Waals surface area contributed by atoms with Crippen LogP contribution >= 0.6 is 0 Å². The molecule has 2 saturated heterocycles. The van der Waals surface area contributed by atoms with Crippen LogP contribution in [0, 0.1) is 6.92 Å². The quantitative estimate of drug-likeness (QED) is 0.714. The summed E-state index contributed by atoms with van der Waals surface area (Å²) >= 11 is 0. The highest BCUT2D eigenvalue weighted by Gasteiger charge is 2.36. The van der Waals surface area contributed by atoms with Crippen LogP contribution in [0.5, 0.6) is 0 Å². The highest BCUT2D eigenvalue weighted by molar-refractivity contribution is 5.96. The molecular formula is C17H26N6O3. The Balaban J connectivity index is 1.77. The lowest BCUT2D eigenvalue weighted by Gasteiger charge is -2.36. The first-order valence-electron chi connectivity index (χ1n) is 9.06. The summed E-state index contributed by atoms with van der Waals surface area (Å²) in [6.07, 6.45) is 2.03. The third kappa shape index (κ3) is 3.72. The summed E-state index contributed by atoms with van der Waals surface area (Å²) in [5.74, 6) is -0.438. The third-order valence-corrected chi connectivity index (χ3v) is 4.98. The molecule has 2 N–H and O–H groups in total. The Morgan fingerprint density at radius 3 is 2.69 bits per heavy atom. The van der Waals surface area contributed by atoms with Crippen molar-refractivity contribution in [3.05, 3.63) is 17.5 Å². The van der Waals surface area contributed by atoms with Crippen LogP contribution in [0.1, 0.15) is 29.0 Å². The number of carbonyl (C=O) groups is 3.